The molecule has 1 fully saturated rings. The van der Waals surface area contributed by atoms with Crippen molar-refractivity contribution >= 4 is 23.0 Å². The van der Waals surface area contributed by atoms with Crippen molar-refractivity contribution in [2.75, 3.05) is 17.2 Å². The number of halogens is 1. The molecule has 17 heavy (non-hydrogen) atoms. The minimum atomic E-state index is 0.494. The molecule has 0 unspecified atom stereocenters. The number of rotatable bonds is 4. The highest BCUT2D eigenvalue weighted by molar-refractivity contribution is 6.33. The van der Waals surface area contributed by atoms with Crippen molar-refractivity contribution in [1.29, 1.82) is 0 Å². The fourth-order valence-corrected chi connectivity index (χ4v) is 2.33. The highest BCUT2D eigenvalue weighted by Crippen LogP contribution is 2.35. The molecule has 0 saturated heterocycles. The van der Waals surface area contributed by atoms with E-state index in [0.29, 0.717) is 16.8 Å². The summed E-state index contributed by atoms with van der Waals surface area (Å²) in [6.45, 7) is 7.70. The summed E-state index contributed by atoms with van der Waals surface area (Å²) in [6, 6.07) is 4.48. The van der Waals surface area contributed by atoms with E-state index in [0.717, 1.165) is 12.5 Å². The van der Waals surface area contributed by atoms with Crippen molar-refractivity contribution in [2.24, 2.45) is 5.92 Å². The molecule has 0 heterocycles. The highest BCUT2D eigenvalue weighted by atomic mass is 35.5. The molecule has 2 nitrogen and oxygen atoms in total. The zero-order valence-electron chi connectivity index (χ0n) is 10.8. The second-order valence-electron chi connectivity index (χ2n) is 5.35. The van der Waals surface area contributed by atoms with Crippen LogP contribution >= 0.6 is 11.6 Å². The first-order chi connectivity index (χ1) is 7.99. The maximum Gasteiger partial charge on any atom is 0.0656 e. The van der Waals surface area contributed by atoms with E-state index in [1.165, 1.54) is 24.1 Å². The molecule has 0 aliphatic heterocycles. The molecule has 3 heteroatoms. The fraction of sp³-hybridized carbons (Fsp3) is 0.571. The molecule has 0 aromatic heterocycles. The molecule has 1 aliphatic carbocycles. The SMILES string of the molecule is Cc1cc(N)c(Cl)cc1N(CC1CC1)C(C)C. The van der Waals surface area contributed by atoms with Crippen LogP contribution in [-0.4, -0.2) is 12.6 Å². The zero-order chi connectivity index (χ0) is 12.6. The van der Waals surface area contributed by atoms with Crippen molar-refractivity contribution in [1.82, 2.24) is 0 Å². The molecule has 0 bridgehead atoms. The Kier molecular flexibility index (Phi) is 3.53. The summed E-state index contributed by atoms with van der Waals surface area (Å²) in [5.74, 6) is 0.869. The first-order valence-electron chi connectivity index (χ1n) is 6.31. The molecule has 1 aromatic rings. The Balaban J connectivity index is 2.30. The predicted molar refractivity (Wildman–Crippen MR) is 75.8 cm³/mol. The van der Waals surface area contributed by atoms with Gasteiger partial charge in [-0.2, -0.15) is 0 Å². The second-order valence-corrected chi connectivity index (χ2v) is 5.76. The van der Waals surface area contributed by atoms with Crippen LogP contribution in [0.4, 0.5) is 11.4 Å². The van der Waals surface area contributed by atoms with Crippen molar-refractivity contribution in [3.05, 3.63) is 22.7 Å². The lowest BCUT2D eigenvalue weighted by atomic mass is 10.1. The van der Waals surface area contributed by atoms with Gasteiger partial charge < -0.3 is 10.6 Å². The van der Waals surface area contributed by atoms with Gasteiger partial charge in [-0.05, 0) is 57.2 Å². The Morgan fingerprint density at radius 3 is 2.59 bits per heavy atom. The molecule has 94 valence electrons. The maximum absolute atomic E-state index is 6.14. The summed E-state index contributed by atoms with van der Waals surface area (Å²) in [7, 11) is 0. The summed E-state index contributed by atoms with van der Waals surface area (Å²) in [6.07, 6.45) is 2.73. The molecule has 0 amide bonds. The monoisotopic (exact) mass is 252 g/mol. The van der Waals surface area contributed by atoms with Crippen LogP contribution in [0.25, 0.3) is 0 Å². The van der Waals surface area contributed by atoms with Gasteiger partial charge in [0.15, 0.2) is 0 Å². The van der Waals surface area contributed by atoms with Crippen LogP contribution < -0.4 is 10.6 Å². The third kappa shape index (κ3) is 2.86. The Labute approximate surface area is 109 Å². The fourth-order valence-electron chi connectivity index (χ4n) is 2.17. The molecule has 0 spiro atoms. The summed E-state index contributed by atoms with van der Waals surface area (Å²) >= 11 is 6.14. The Bertz CT molecular complexity index is 411. The van der Waals surface area contributed by atoms with Crippen LogP contribution in [0, 0.1) is 12.8 Å². The first-order valence-corrected chi connectivity index (χ1v) is 6.69. The predicted octanol–water partition coefficient (Wildman–Crippen LogP) is 3.86. The molecule has 1 saturated carbocycles. The standard InChI is InChI=1S/C14H21ClN2/c1-9(2)17(8-11-4-5-11)14-7-12(15)13(16)6-10(14)3/h6-7,9,11H,4-5,8,16H2,1-3H3. The molecule has 2 rings (SSSR count). The van der Waals surface area contributed by atoms with Gasteiger partial charge in [0.05, 0.1) is 10.7 Å². The molecule has 0 atom stereocenters. The summed E-state index contributed by atoms with van der Waals surface area (Å²) in [5.41, 5.74) is 8.94. The van der Waals surface area contributed by atoms with E-state index in [2.05, 4.69) is 25.7 Å². The van der Waals surface area contributed by atoms with Gasteiger partial charge in [0.25, 0.3) is 0 Å². The normalized spacial score (nSPS) is 15.4. The van der Waals surface area contributed by atoms with Crippen LogP contribution in [0.15, 0.2) is 12.1 Å². The van der Waals surface area contributed by atoms with E-state index in [9.17, 15) is 0 Å². The summed E-state index contributed by atoms with van der Waals surface area (Å²) in [4.78, 5) is 2.44. The number of benzene rings is 1. The van der Waals surface area contributed by atoms with Gasteiger partial charge >= 0.3 is 0 Å². The van der Waals surface area contributed by atoms with Gasteiger partial charge in [0.2, 0.25) is 0 Å². The molecule has 1 aromatic carbocycles. The van der Waals surface area contributed by atoms with Gasteiger partial charge in [-0.25, -0.2) is 0 Å². The van der Waals surface area contributed by atoms with Crippen LogP contribution in [0.5, 0.6) is 0 Å². The third-order valence-corrected chi connectivity index (χ3v) is 3.73. The van der Waals surface area contributed by atoms with Crippen LogP contribution in [0.2, 0.25) is 5.02 Å². The summed E-state index contributed by atoms with van der Waals surface area (Å²) < 4.78 is 0. The van der Waals surface area contributed by atoms with Gasteiger partial charge in [-0.1, -0.05) is 11.6 Å². The second kappa shape index (κ2) is 4.77. The maximum atomic E-state index is 6.14. The quantitative estimate of drug-likeness (QED) is 0.825. The Morgan fingerprint density at radius 2 is 2.06 bits per heavy atom. The zero-order valence-corrected chi connectivity index (χ0v) is 11.6. The van der Waals surface area contributed by atoms with Gasteiger partial charge in [0, 0.05) is 18.3 Å². The number of anilines is 2. The van der Waals surface area contributed by atoms with Crippen molar-refractivity contribution < 1.29 is 0 Å². The highest BCUT2D eigenvalue weighted by Gasteiger charge is 2.26. The number of nitrogens with zero attached hydrogens (tertiary/aromatic N) is 1. The third-order valence-electron chi connectivity index (χ3n) is 3.40. The minimum Gasteiger partial charge on any atom is -0.398 e. The van der Waals surface area contributed by atoms with Gasteiger partial charge in [0.1, 0.15) is 0 Å². The number of aryl methyl sites for hydroxylation is 1. The van der Waals surface area contributed by atoms with Gasteiger partial charge in [-0.3, -0.25) is 0 Å². The lowest BCUT2D eigenvalue weighted by molar-refractivity contribution is 0.643. The average molecular weight is 253 g/mol. The smallest absolute Gasteiger partial charge is 0.0656 e. The van der Waals surface area contributed by atoms with Crippen LogP contribution in [0.1, 0.15) is 32.3 Å². The van der Waals surface area contributed by atoms with Crippen LogP contribution in [0.3, 0.4) is 0 Å². The molecule has 0 radical (unpaired) electrons. The Morgan fingerprint density at radius 1 is 1.41 bits per heavy atom. The molecule has 2 N–H and O–H groups in total. The average Bonchev–Trinajstić information content (AvgIpc) is 3.04. The molecular weight excluding hydrogens is 232 g/mol. The van der Waals surface area contributed by atoms with Crippen molar-refractivity contribution in [3.8, 4) is 0 Å². The van der Waals surface area contributed by atoms with E-state index < -0.39 is 0 Å². The lowest BCUT2D eigenvalue weighted by Crippen LogP contribution is -2.33. The van der Waals surface area contributed by atoms with Crippen LogP contribution in [-0.2, 0) is 0 Å². The molecule has 1 aliphatic rings. The summed E-state index contributed by atoms with van der Waals surface area (Å²) in [5, 5.41) is 0.659. The van der Waals surface area contributed by atoms with E-state index in [-0.39, 0.29) is 0 Å². The number of hydrogen-bond acceptors (Lipinski definition) is 2. The number of nitrogen functional groups attached to an aromatic ring is 1. The van der Waals surface area contributed by atoms with E-state index >= 15 is 0 Å². The first kappa shape index (κ1) is 12.6. The van der Waals surface area contributed by atoms with Crippen molar-refractivity contribution in [3.63, 3.8) is 0 Å². The number of hydrogen-bond donors (Lipinski definition) is 1. The lowest BCUT2D eigenvalue weighted by Gasteiger charge is -2.31. The largest absolute Gasteiger partial charge is 0.398 e. The topological polar surface area (TPSA) is 29.3 Å². The van der Waals surface area contributed by atoms with Crippen molar-refractivity contribution in [2.45, 2.75) is 39.7 Å². The van der Waals surface area contributed by atoms with Gasteiger partial charge in [-0.15, -0.1) is 0 Å². The van der Waals surface area contributed by atoms with E-state index in [1.807, 2.05) is 12.1 Å². The number of nitrogens with two attached hydrogens (primary N) is 1. The molecular formula is C14H21ClN2. The Hall–Kier alpha value is -0.890. The van der Waals surface area contributed by atoms with E-state index in [1.54, 1.807) is 0 Å². The van der Waals surface area contributed by atoms with E-state index in [4.69, 9.17) is 17.3 Å². The minimum absolute atomic E-state index is 0.494.